The van der Waals surface area contributed by atoms with E-state index in [0.29, 0.717) is 16.7 Å². The zero-order valence-corrected chi connectivity index (χ0v) is 19.6. The summed E-state index contributed by atoms with van der Waals surface area (Å²) < 4.78 is 52.7. The molecule has 1 heterocycles. The van der Waals surface area contributed by atoms with Crippen molar-refractivity contribution in [3.63, 3.8) is 0 Å². The molecule has 1 saturated heterocycles. The van der Waals surface area contributed by atoms with Crippen LogP contribution in [0.3, 0.4) is 0 Å². The second-order valence-corrected chi connectivity index (χ2v) is 10.5. The van der Waals surface area contributed by atoms with Crippen molar-refractivity contribution in [3.8, 4) is 0 Å². The lowest BCUT2D eigenvalue weighted by Crippen LogP contribution is -2.44. The number of carboxylic acids is 1. The van der Waals surface area contributed by atoms with E-state index in [2.05, 4.69) is 0 Å². The summed E-state index contributed by atoms with van der Waals surface area (Å²) >= 11 is 6.04. The van der Waals surface area contributed by atoms with E-state index < -0.39 is 27.4 Å². The first kappa shape index (κ1) is 24.1. The molecule has 5 nitrogen and oxygen atoms in total. The van der Waals surface area contributed by atoms with E-state index in [-0.39, 0.29) is 35.2 Å². The summed E-state index contributed by atoms with van der Waals surface area (Å²) in [4.78, 5) is 13.2. The van der Waals surface area contributed by atoms with E-state index in [4.69, 9.17) is 11.6 Å². The summed E-state index contributed by atoms with van der Waals surface area (Å²) in [6.07, 6.45) is 1.02. The molecule has 1 aliphatic rings. The number of rotatable bonds is 6. The highest BCUT2D eigenvalue weighted by molar-refractivity contribution is 8.00. The van der Waals surface area contributed by atoms with E-state index in [1.807, 2.05) is 17.0 Å². The molecule has 0 aliphatic carbocycles. The summed E-state index contributed by atoms with van der Waals surface area (Å²) in [7, 11) is -3.77. The number of nitrogens with zero attached hydrogens (tertiary/aromatic N) is 1. The maximum absolute atomic E-state index is 13.8. The predicted octanol–water partition coefficient (Wildman–Crippen LogP) is 5.18. The maximum atomic E-state index is 13.8. The molecule has 34 heavy (non-hydrogen) atoms. The number of carbonyl (C=O) groups is 1. The fraction of sp³-hybridized carbons (Fsp3) is 0.160. The van der Waals surface area contributed by atoms with Crippen LogP contribution in [0.15, 0.2) is 72.3 Å². The third-order valence-electron chi connectivity index (χ3n) is 5.63. The Morgan fingerprint density at radius 2 is 1.41 bits per heavy atom. The Bertz CT molecular complexity index is 1360. The van der Waals surface area contributed by atoms with Gasteiger partial charge in [-0.25, -0.2) is 22.0 Å². The van der Waals surface area contributed by atoms with Crippen LogP contribution in [0, 0.1) is 11.6 Å². The molecule has 0 spiro atoms. The number of likely N-dealkylation sites (tertiary alicyclic amines) is 1. The van der Waals surface area contributed by atoms with Crippen molar-refractivity contribution in [2.24, 2.45) is 0 Å². The van der Waals surface area contributed by atoms with Gasteiger partial charge in [-0.15, -0.1) is 0 Å². The lowest BCUT2D eigenvalue weighted by atomic mass is 9.91. The summed E-state index contributed by atoms with van der Waals surface area (Å²) in [5, 5.41) is 9.76. The molecule has 3 aromatic rings. The van der Waals surface area contributed by atoms with Crippen molar-refractivity contribution in [3.05, 3.63) is 111 Å². The van der Waals surface area contributed by atoms with Crippen LogP contribution in [0.1, 0.15) is 33.1 Å². The van der Waals surface area contributed by atoms with Crippen LogP contribution in [0.2, 0.25) is 5.02 Å². The number of benzene rings is 3. The van der Waals surface area contributed by atoms with Gasteiger partial charge in [0.1, 0.15) is 11.6 Å². The topological polar surface area (TPSA) is 74.7 Å². The first-order valence-corrected chi connectivity index (χ1v) is 12.5. The predicted molar refractivity (Wildman–Crippen MR) is 126 cm³/mol. The largest absolute Gasteiger partial charge is 0.478 e. The summed E-state index contributed by atoms with van der Waals surface area (Å²) in [5.74, 6) is -2.75. The van der Waals surface area contributed by atoms with Crippen LogP contribution in [-0.4, -0.2) is 43.7 Å². The molecule has 0 amide bonds. The SMILES string of the molecule is CS(=O)(=O)C(=C1CN(C(c2ccc(Cl)cc2)c2ccc(C(=O)O)cc2)C1)c1cc(F)cc(F)c1. The molecule has 0 bridgehead atoms. The Morgan fingerprint density at radius 3 is 1.88 bits per heavy atom. The molecule has 1 unspecified atom stereocenters. The Kier molecular flexibility index (Phi) is 6.58. The van der Waals surface area contributed by atoms with Crippen LogP contribution in [0.25, 0.3) is 4.91 Å². The van der Waals surface area contributed by atoms with E-state index in [9.17, 15) is 27.1 Å². The molecule has 4 rings (SSSR count). The highest BCUT2D eigenvalue weighted by Gasteiger charge is 2.35. The average molecular weight is 504 g/mol. The van der Waals surface area contributed by atoms with Crippen molar-refractivity contribution >= 4 is 32.3 Å². The van der Waals surface area contributed by atoms with Crippen LogP contribution in [-0.2, 0) is 9.84 Å². The number of halogens is 3. The zero-order chi connectivity index (χ0) is 24.6. The van der Waals surface area contributed by atoms with E-state index in [1.54, 1.807) is 24.3 Å². The fourth-order valence-electron chi connectivity index (χ4n) is 4.20. The summed E-state index contributed by atoms with van der Waals surface area (Å²) in [5.41, 5.74) is 2.35. The first-order valence-electron chi connectivity index (χ1n) is 10.2. The average Bonchev–Trinajstić information content (AvgIpc) is 2.72. The number of carboxylic acid groups (broad SMARTS) is 1. The van der Waals surface area contributed by atoms with E-state index >= 15 is 0 Å². The fourth-order valence-corrected chi connectivity index (χ4v) is 5.53. The van der Waals surface area contributed by atoms with Gasteiger partial charge in [-0.1, -0.05) is 35.9 Å². The molecule has 0 saturated carbocycles. The Morgan fingerprint density at radius 1 is 0.912 bits per heavy atom. The summed E-state index contributed by atoms with van der Waals surface area (Å²) in [6.45, 7) is 0.489. The maximum Gasteiger partial charge on any atom is 0.335 e. The Balaban J connectivity index is 1.74. The lowest BCUT2D eigenvalue weighted by Gasteiger charge is -2.42. The molecule has 176 valence electrons. The van der Waals surface area contributed by atoms with Gasteiger partial charge < -0.3 is 5.11 Å². The van der Waals surface area contributed by atoms with Crippen molar-refractivity contribution in [1.29, 1.82) is 0 Å². The van der Waals surface area contributed by atoms with Crippen molar-refractivity contribution < 1.29 is 27.1 Å². The monoisotopic (exact) mass is 503 g/mol. The van der Waals surface area contributed by atoms with Gasteiger partial charge >= 0.3 is 5.97 Å². The molecule has 0 aromatic heterocycles. The zero-order valence-electron chi connectivity index (χ0n) is 18.0. The molecular weight excluding hydrogens is 484 g/mol. The van der Waals surface area contributed by atoms with E-state index in [1.165, 1.54) is 12.1 Å². The van der Waals surface area contributed by atoms with Gasteiger partial charge in [-0.3, -0.25) is 4.90 Å². The number of hydrogen-bond donors (Lipinski definition) is 1. The second kappa shape index (κ2) is 9.29. The molecule has 3 aromatic carbocycles. The molecule has 1 aliphatic heterocycles. The molecule has 9 heteroatoms. The van der Waals surface area contributed by atoms with Gasteiger partial charge in [-0.05, 0) is 58.7 Å². The van der Waals surface area contributed by atoms with Gasteiger partial charge in [0.05, 0.1) is 16.5 Å². The third-order valence-corrected chi connectivity index (χ3v) is 7.15. The molecule has 1 fully saturated rings. The standard InChI is InChI=1S/C25H20ClF2NO4S/c1-34(32,33)24(18-10-21(27)12-22(28)11-18)19-13-29(14-19)23(16-6-8-20(26)9-7-16)15-2-4-17(5-3-15)25(30)31/h2-12,23H,13-14H2,1H3,(H,30,31). The number of aromatic carboxylic acids is 1. The normalized spacial score (nSPS) is 15.0. The van der Waals surface area contributed by atoms with Crippen molar-refractivity contribution in [1.82, 2.24) is 4.90 Å². The smallest absolute Gasteiger partial charge is 0.335 e. The summed E-state index contributed by atoms with van der Waals surface area (Å²) in [6, 6.07) is 16.0. The molecule has 1 N–H and O–H groups in total. The highest BCUT2D eigenvalue weighted by Crippen LogP contribution is 2.38. The molecule has 0 radical (unpaired) electrons. The van der Waals surface area contributed by atoms with E-state index in [0.717, 1.165) is 29.5 Å². The van der Waals surface area contributed by atoms with Crippen LogP contribution >= 0.6 is 11.6 Å². The quantitative estimate of drug-likeness (QED) is 0.502. The minimum absolute atomic E-state index is 0.0245. The lowest BCUT2D eigenvalue weighted by molar-refractivity contribution is 0.0697. The Hall–Kier alpha value is -3.07. The van der Waals surface area contributed by atoms with Crippen molar-refractivity contribution in [2.75, 3.05) is 19.3 Å². The third kappa shape index (κ3) is 5.04. The van der Waals surface area contributed by atoms with Gasteiger partial charge in [-0.2, -0.15) is 0 Å². The highest BCUT2D eigenvalue weighted by atomic mass is 35.5. The first-order chi connectivity index (χ1) is 16.0. The van der Waals surface area contributed by atoms with Gasteiger partial charge in [0.15, 0.2) is 9.84 Å². The van der Waals surface area contributed by atoms with Crippen LogP contribution in [0.4, 0.5) is 8.78 Å². The minimum Gasteiger partial charge on any atom is -0.478 e. The number of hydrogen-bond acceptors (Lipinski definition) is 4. The van der Waals surface area contributed by atoms with Gasteiger partial charge in [0, 0.05) is 30.4 Å². The van der Waals surface area contributed by atoms with Gasteiger partial charge in [0.25, 0.3) is 0 Å². The second-order valence-electron chi connectivity index (χ2n) is 8.15. The van der Waals surface area contributed by atoms with Crippen molar-refractivity contribution in [2.45, 2.75) is 6.04 Å². The van der Waals surface area contributed by atoms with Crippen LogP contribution in [0.5, 0.6) is 0 Å². The van der Waals surface area contributed by atoms with Gasteiger partial charge in [0.2, 0.25) is 0 Å². The van der Waals surface area contributed by atoms with Crippen LogP contribution < -0.4 is 0 Å². The molecule has 1 atom stereocenters. The molecular formula is C25H20ClF2NO4S. The minimum atomic E-state index is -3.77. The Labute approximate surface area is 200 Å². The number of sulfone groups is 1.